The molecule has 1 fully saturated rings. The molecule has 1 aliphatic heterocycles. The van der Waals surface area contributed by atoms with Crippen molar-refractivity contribution in [3.05, 3.63) is 168 Å². The van der Waals surface area contributed by atoms with Crippen molar-refractivity contribution in [1.29, 1.82) is 0 Å². The van der Waals surface area contributed by atoms with Crippen LogP contribution in [0.3, 0.4) is 0 Å². The number of hydrogen-bond donors (Lipinski definition) is 2. The molecule has 238 valence electrons. The first-order valence-corrected chi connectivity index (χ1v) is 17.4. The van der Waals surface area contributed by atoms with Crippen LogP contribution < -0.4 is 10.6 Å². The lowest BCUT2D eigenvalue weighted by molar-refractivity contribution is -0.120. The van der Waals surface area contributed by atoms with Crippen molar-refractivity contribution < 1.29 is 13.2 Å². The average Bonchev–Trinajstić information content (AvgIpc) is 3.11. The van der Waals surface area contributed by atoms with Gasteiger partial charge in [0, 0.05) is 31.9 Å². The fourth-order valence-corrected chi connectivity index (χ4v) is 7.72. The average molecular weight is 661 g/mol. The van der Waals surface area contributed by atoms with E-state index >= 15 is 0 Å². The predicted molar refractivity (Wildman–Crippen MR) is 191 cm³/mol. The van der Waals surface area contributed by atoms with Gasteiger partial charge in [0.15, 0.2) is 5.11 Å². The third kappa shape index (κ3) is 7.66. The topological polar surface area (TPSA) is 81.8 Å². The lowest BCUT2D eigenvalue weighted by Crippen LogP contribution is -2.49. The van der Waals surface area contributed by atoms with Crippen molar-refractivity contribution in [1.82, 2.24) is 14.5 Å². The standard InChI is InChI=1S/C38H36N4O3S2/c43-37(35(29-13-5-1-6-14-29)30-15-7-2-8-16-30)40-38(46)39-33-21-23-34(24-22-33)47(44,45)42-27-25-41(26-28-42)36(31-17-9-3-10-18-31)32-19-11-4-12-20-32/h1-24,35-36H,25-28H2,(H2,39,40,43,46). The Hall–Kier alpha value is -4.67. The molecule has 2 N–H and O–H groups in total. The maximum Gasteiger partial charge on any atom is 0.243 e. The molecular formula is C38H36N4O3S2. The lowest BCUT2D eigenvalue weighted by atomic mass is 9.90. The van der Waals surface area contributed by atoms with Gasteiger partial charge in [-0.1, -0.05) is 121 Å². The van der Waals surface area contributed by atoms with Crippen LogP contribution in [-0.4, -0.2) is 54.8 Å². The van der Waals surface area contributed by atoms with E-state index in [0.29, 0.717) is 31.9 Å². The fourth-order valence-electron chi connectivity index (χ4n) is 6.08. The summed E-state index contributed by atoms with van der Waals surface area (Å²) in [7, 11) is -3.70. The fraction of sp³-hybridized carbons (Fsp3) is 0.158. The van der Waals surface area contributed by atoms with Gasteiger partial charge in [-0.2, -0.15) is 4.31 Å². The molecule has 0 atom stereocenters. The summed E-state index contributed by atoms with van der Waals surface area (Å²) in [4.78, 5) is 16.0. The molecule has 5 aromatic rings. The van der Waals surface area contributed by atoms with Crippen LogP contribution in [0.5, 0.6) is 0 Å². The van der Waals surface area contributed by atoms with E-state index in [9.17, 15) is 13.2 Å². The molecule has 1 aliphatic rings. The molecule has 6 rings (SSSR count). The van der Waals surface area contributed by atoms with Gasteiger partial charge in [-0.3, -0.25) is 9.69 Å². The van der Waals surface area contributed by atoms with Crippen molar-refractivity contribution in [2.75, 3.05) is 31.5 Å². The van der Waals surface area contributed by atoms with Crippen molar-refractivity contribution >= 4 is 38.9 Å². The summed E-state index contributed by atoms with van der Waals surface area (Å²) >= 11 is 5.47. The monoisotopic (exact) mass is 660 g/mol. The Bertz CT molecular complexity index is 1800. The SMILES string of the molecule is O=C(NC(=S)Nc1ccc(S(=O)(=O)N2CCN(C(c3ccccc3)c3ccccc3)CC2)cc1)C(c1ccccc1)c1ccccc1. The number of anilines is 1. The number of rotatable bonds is 9. The molecule has 1 amide bonds. The molecule has 47 heavy (non-hydrogen) atoms. The number of sulfonamides is 1. The molecule has 0 radical (unpaired) electrons. The first kappa shape index (κ1) is 32.3. The summed E-state index contributed by atoms with van der Waals surface area (Å²) in [6.45, 7) is 1.99. The van der Waals surface area contributed by atoms with Crippen molar-refractivity contribution in [3.63, 3.8) is 0 Å². The second-order valence-electron chi connectivity index (χ2n) is 11.4. The summed E-state index contributed by atoms with van der Waals surface area (Å²) in [5.74, 6) is -0.805. The molecule has 1 saturated heterocycles. The van der Waals surface area contributed by atoms with Gasteiger partial charge >= 0.3 is 0 Å². The van der Waals surface area contributed by atoms with Gasteiger partial charge in [-0.25, -0.2) is 8.42 Å². The number of piperazine rings is 1. The summed E-state index contributed by atoms with van der Waals surface area (Å²) < 4.78 is 28.8. The number of thiocarbonyl (C=S) groups is 1. The zero-order chi connectivity index (χ0) is 32.6. The molecule has 7 nitrogen and oxygen atoms in total. The zero-order valence-corrected chi connectivity index (χ0v) is 27.4. The highest BCUT2D eigenvalue weighted by Gasteiger charge is 2.32. The quantitative estimate of drug-likeness (QED) is 0.178. The Morgan fingerprint density at radius 2 is 1.02 bits per heavy atom. The number of amides is 1. The van der Waals surface area contributed by atoms with Gasteiger partial charge in [0.1, 0.15) is 0 Å². The first-order chi connectivity index (χ1) is 22.9. The molecule has 1 heterocycles. The minimum absolute atomic E-state index is 0.0487. The Morgan fingerprint density at radius 1 is 0.596 bits per heavy atom. The van der Waals surface area contributed by atoms with Crippen LogP contribution in [0.2, 0.25) is 0 Å². The molecule has 0 unspecified atom stereocenters. The highest BCUT2D eigenvalue weighted by atomic mass is 32.2. The molecule has 0 aromatic heterocycles. The summed E-state index contributed by atoms with van der Waals surface area (Å²) in [5, 5.41) is 5.96. The molecule has 0 spiro atoms. The Balaban J connectivity index is 1.09. The number of benzene rings is 5. The number of nitrogens with one attached hydrogen (secondary N) is 2. The van der Waals surface area contributed by atoms with E-state index in [1.165, 1.54) is 11.1 Å². The van der Waals surface area contributed by atoms with E-state index in [2.05, 4.69) is 39.8 Å². The van der Waals surface area contributed by atoms with Crippen LogP contribution in [-0.2, 0) is 14.8 Å². The minimum atomic E-state index is -3.70. The van der Waals surface area contributed by atoms with Crippen LogP contribution >= 0.6 is 12.2 Å². The molecule has 0 bridgehead atoms. The van der Waals surface area contributed by atoms with Crippen LogP contribution in [0.15, 0.2) is 150 Å². The molecule has 5 aromatic carbocycles. The summed E-state index contributed by atoms with van der Waals surface area (Å²) in [6.07, 6.45) is 0. The molecular weight excluding hydrogens is 625 g/mol. The highest BCUT2D eigenvalue weighted by Crippen LogP contribution is 2.31. The smallest absolute Gasteiger partial charge is 0.243 e. The van der Waals surface area contributed by atoms with Crippen LogP contribution in [0.25, 0.3) is 0 Å². The summed E-state index contributed by atoms with van der Waals surface area (Å²) in [5.41, 5.74) is 4.64. The van der Waals surface area contributed by atoms with Gasteiger partial charge in [0.25, 0.3) is 0 Å². The van der Waals surface area contributed by atoms with Gasteiger partial charge in [0.2, 0.25) is 15.9 Å². The number of hydrogen-bond acceptors (Lipinski definition) is 5. The first-order valence-electron chi connectivity index (χ1n) is 15.6. The number of carbonyl (C=O) groups is 1. The maximum atomic E-state index is 13.6. The van der Waals surface area contributed by atoms with E-state index in [1.807, 2.05) is 97.1 Å². The Morgan fingerprint density at radius 3 is 1.47 bits per heavy atom. The van der Waals surface area contributed by atoms with Crippen molar-refractivity contribution in [2.45, 2.75) is 16.9 Å². The predicted octanol–water partition coefficient (Wildman–Crippen LogP) is 6.43. The van der Waals surface area contributed by atoms with Crippen molar-refractivity contribution in [3.8, 4) is 0 Å². The number of nitrogens with zero attached hydrogens (tertiary/aromatic N) is 2. The van der Waals surface area contributed by atoms with Gasteiger partial charge in [-0.15, -0.1) is 0 Å². The molecule has 0 aliphatic carbocycles. The van der Waals surface area contributed by atoms with E-state index in [1.54, 1.807) is 28.6 Å². The summed E-state index contributed by atoms with van der Waals surface area (Å²) in [6, 6.07) is 46.3. The van der Waals surface area contributed by atoms with E-state index < -0.39 is 15.9 Å². The number of carbonyl (C=O) groups excluding carboxylic acids is 1. The largest absolute Gasteiger partial charge is 0.332 e. The Kier molecular flexibility index (Phi) is 10.2. The lowest BCUT2D eigenvalue weighted by Gasteiger charge is -2.39. The second-order valence-corrected chi connectivity index (χ2v) is 13.7. The van der Waals surface area contributed by atoms with E-state index in [0.717, 1.165) is 11.1 Å². The molecule has 9 heteroatoms. The van der Waals surface area contributed by atoms with Gasteiger partial charge in [0.05, 0.1) is 16.9 Å². The Labute approximate surface area is 281 Å². The normalized spacial score (nSPS) is 14.2. The second kappa shape index (κ2) is 14.8. The van der Waals surface area contributed by atoms with Crippen LogP contribution in [0.4, 0.5) is 5.69 Å². The van der Waals surface area contributed by atoms with Crippen molar-refractivity contribution in [2.24, 2.45) is 0 Å². The molecule has 0 saturated carbocycles. The van der Waals surface area contributed by atoms with Gasteiger partial charge in [-0.05, 0) is 58.7 Å². The minimum Gasteiger partial charge on any atom is -0.332 e. The third-order valence-corrected chi connectivity index (χ3v) is 10.5. The van der Waals surface area contributed by atoms with Crippen LogP contribution in [0, 0.1) is 0 Å². The van der Waals surface area contributed by atoms with E-state index in [-0.39, 0.29) is 22.0 Å². The van der Waals surface area contributed by atoms with Gasteiger partial charge < -0.3 is 10.6 Å². The highest BCUT2D eigenvalue weighted by molar-refractivity contribution is 7.89. The van der Waals surface area contributed by atoms with Crippen LogP contribution in [0.1, 0.15) is 34.2 Å². The maximum absolute atomic E-state index is 13.6. The third-order valence-electron chi connectivity index (χ3n) is 8.38. The zero-order valence-electron chi connectivity index (χ0n) is 25.8. The van der Waals surface area contributed by atoms with E-state index in [4.69, 9.17) is 12.2 Å².